The van der Waals surface area contributed by atoms with E-state index in [1.807, 2.05) is 34.6 Å². The average molecular weight is 316 g/mol. The molecule has 8 heteroatoms. The van der Waals surface area contributed by atoms with Gasteiger partial charge in [-0.05, 0) is 11.3 Å². The summed E-state index contributed by atoms with van der Waals surface area (Å²) in [4.78, 5) is 36.9. The van der Waals surface area contributed by atoms with Gasteiger partial charge in [0.25, 0.3) is 5.91 Å². The molecule has 128 valence electrons. The zero-order valence-corrected chi connectivity index (χ0v) is 14.2. The van der Waals surface area contributed by atoms with Crippen LogP contribution in [0.4, 0.5) is 4.79 Å². The Bertz CT molecular complexity index is 404. The van der Waals surface area contributed by atoms with Gasteiger partial charge in [-0.1, -0.05) is 34.6 Å². The summed E-state index contributed by atoms with van der Waals surface area (Å²) in [5, 5.41) is 13.8. The molecule has 0 rings (SSSR count). The summed E-state index contributed by atoms with van der Waals surface area (Å²) in [7, 11) is 1.50. The van der Waals surface area contributed by atoms with Gasteiger partial charge in [-0.2, -0.15) is 0 Å². The monoisotopic (exact) mass is 316 g/mol. The van der Waals surface area contributed by atoms with Gasteiger partial charge in [0, 0.05) is 13.6 Å². The van der Waals surface area contributed by atoms with Crippen LogP contribution in [0.2, 0.25) is 0 Å². The van der Waals surface area contributed by atoms with Crippen LogP contribution in [-0.4, -0.2) is 54.1 Å². The molecule has 0 saturated heterocycles. The predicted molar refractivity (Wildman–Crippen MR) is 82.2 cm³/mol. The SMILES string of the molecule is CNC(=O)C(NC(=O)N(CC(=O)NO)CC(C)C)C(C)(C)C. The van der Waals surface area contributed by atoms with Gasteiger partial charge in [0.05, 0.1) is 0 Å². The third-order valence-corrected chi connectivity index (χ3v) is 2.97. The number of hydrogen-bond donors (Lipinski definition) is 4. The van der Waals surface area contributed by atoms with E-state index in [1.54, 1.807) is 0 Å². The average Bonchev–Trinajstić information content (AvgIpc) is 2.40. The lowest BCUT2D eigenvalue weighted by atomic mass is 9.86. The van der Waals surface area contributed by atoms with Crippen LogP contribution < -0.4 is 16.1 Å². The number of urea groups is 1. The second-order valence-corrected chi connectivity index (χ2v) is 6.67. The Hall–Kier alpha value is -1.83. The summed E-state index contributed by atoms with van der Waals surface area (Å²) >= 11 is 0. The summed E-state index contributed by atoms with van der Waals surface area (Å²) in [5.41, 5.74) is 1.01. The highest BCUT2D eigenvalue weighted by atomic mass is 16.5. The number of likely N-dealkylation sites (N-methyl/N-ethyl adjacent to an activating group) is 1. The minimum absolute atomic E-state index is 0.130. The molecular weight excluding hydrogens is 288 g/mol. The first-order valence-corrected chi connectivity index (χ1v) is 7.22. The molecule has 0 aromatic rings. The molecule has 0 spiro atoms. The van der Waals surface area contributed by atoms with Gasteiger partial charge in [-0.25, -0.2) is 10.3 Å². The van der Waals surface area contributed by atoms with Crippen molar-refractivity contribution in [2.75, 3.05) is 20.1 Å². The Kier molecular flexibility index (Phi) is 7.86. The number of nitrogens with one attached hydrogen (secondary N) is 3. The fraction of sp³-hybridized carbons (Fsp3) is 0.786. The topological polar surface area (TPSA) is 111 Å². The van der Waals surface area contributed by atoms with Crippen molar-refractivity contribution in [2.24, 2.45) is 11.3 Å². The van der Waals surface area contributed by atoms with E-state index in [4.69, 9.17) is 5.21 Å². The van der Waals surface area contributed by atoms with E-state index >= 15 is 0 Å². The number of nitrogens with zero attached hydrogens (tertiary/aromatic N) is 1. The molecule has 0 aliphatic rings. The first-order valence-electron chi connectivity index (χ1n) is 7.22. The van der Waals surface area contributed by atoms with Crippen LogP contribution >= 0.6 is 0 Å². The van der Waals surface area contributed by atoms with Crippen LogP contribution in [0.15, 0.2) is 0 Å². The third-order valence-electron chi connectivity index (χ3n) is 2.97. The van der Waals surface area contributed by atoms with Crippen molar-refractivity contribution in [2.45, 2.75) is 40.7 Å². The minimum atomic E-state index is -0.739. The summed E-state index contributed by atoms with van der Waals surface area (Å²) in [5.74, 6) is -0.870. The Balaban J connectivity index is 5.11. The molecule has 4 N–H and O–H groups in total. The maximum Gasteiger partial charge on any atom is 0.318 e. The first-order chi connectivity index (χ1) is 10.0. The summed E-state index contributed by atoms with van der Waals surface area (Å²) in [6.45, 7) is 9.34. The number of amides is 4. The van der Waals surface area contributed by atoms with Crippen LogP contribution in [0.1, 0.15) is 34.6 Å². The van der Waals surface area contributed by atoms with E-state index in [0.29, 0.717) is 6.54 Å². The molecular formula is C14H28N4O4. The van der Waals surface area contributed by atoms with Crippen molar-refractivity contribution in [1.29, 1.82) is 0 Å². The summed E-state index contributed by atoms with van der Waals surface area (Å²) < 4.78 is 0. The van der Waals surface area contributed by atoms with E-state index in [-0.39, 0.29) is 18.4 Å². The molecule has 22 heavy (non-hydrogen) atoms. The van der Waals surface area contributed by atoms with Gasteiger partial charge < -0.3 is 15.5 Å². The zero-order chi connectivity index (χ0) is 17.5. The number of hydrogen-bond acceptors (Lipinski definition) is 4. The largest absolute Gasteiger partial charge is 0.357 e. The van der Waals surface area contributed by atoms with E-state index in [1.165, 1.54) is 17.4 Å². The highest BCUT2D eigenvalue weighted by Crippen LogP contribution is 2.19. The maximum atomic E-state index is 12.4. The lowest BCUT2D eigenvalue weighted by Crippen LogP contribution is -2.57. The Morgan fingerprint density at radius 3 is 2.09 bits per heavy atom. The molecule has 0 bridgehead atoms. The van der Waals surface area contributed by atoms with E-state index in [0.717, 1.165) is 0 Å². The second-order valence-electron chi connectivity index (χ2n) is 6.67. The van der Waals surface area contributed by atoms with E-state index in [2.05, 4.69) is 10.6 Å². The maximum absolute atomic E-state index is 12.4. The van der Waals surface area contributed by atoms with Gasteiger partial charge in [0.1, 0.15) is 12.6 Å². The van der Waals surface area contributed by atoms with Crippen molar-refractivity contribution in [3.63, 3.8) is 0 Å². The molecule has 0 saturated carbocycles. The van der Waals surface area contributed by atoms with Crippen molar-refractivity contribution in [1.82, 2.24) is 21.0 Å². The minimum Gasteiger partial charge on any atom is -0.357 e. The number of hydroxylamine groups is 1. The Morgan fingerprint density at radius 1 is 1.18 bits per heavy atom. The molecule has 0 aliphatic heterocycles. The van der Waals surface area contributed by atoms with Gasteiger partial charge in [0.2, 0.25) is 5.91 Å². The molecule has 0 aromatic carbocycles. The molecule has 1 atom stereocenters. The van der Waals surface area contributed by atoms with Crippen LogP contribution in [0.25, 0.3) is 0 Å². The fourth-order valence-corrected chi connectivity index (χ4v) is 1.90. The van der Waals surface area contributed by atoms with Crippen LogP contribution in [0.5, 0.6) is 0 Å². The van der Waals surface area contributed by atoms with E-state index in [9.17, 15) is 14.4 Å². The zero-order valence-electron chi connectivity index (χ0n) is 14.2. The number of carbonyl (C=O) groups is 3. The number of carbonyl (C=O) groups excluding carboxylic acids is 3. The van der Waals surface area contributed by atoms with Crippen LogP contribution in [0.3, 0.4) is 0 Å². The van der Waals surface area contributed by atoms with Gasteiger partial charge in [-0.3, -0.25) is 14.8 Å². The highest BCUT2D eigenvalue weighted by molar-refractivity contribution is 5.89. The second kappa shape index (κ2) is 8.57. The molecule has 0 aromatic heterocycles. The Morgan fingerprint density at radius 2 is 1.73 bits per heavy atom. The number of rotatable bonds is 6. The predicted octanol–water partition coefficient (Wildman–Crippen LogP) is 0.320. The first kappa shape index (κ1) is 20.2. The molecule has 4 amide bonds. The fourth-order valence-electron chi connectivity index (χ4n) is 1.90. The van der Waals surface area contributed by atoms with Crippen molar-refractivity contribution < 1.29 is 19.6 Å². The summed E-state index contributed by atoms with van der Waals surface area (Å²) in [6.07, 6.45) is 0. The van der Waals surface area contributed by atoms with Gasteiger partial charge in [0.15, 0.2) is 0 Å². The molecule has 0 heterocycles. The molecule has 8 nitrogen and oxygen atoms in total. The van der Waals surface area contributed by atoms with Crippen LogP contribution in [-0.2, 0) is 9.59 Å². The molecule has 0 aliphatic carbocycles. The van der Waals surface area contributed by atoms with Gasteiger partial charge in [-0.15, -0.1) is 0 Å². The smallest absolute Gasteiger partial charge is 0.318 e. The Labute approximate surface area is 131 Å². The standard InChI is InChI=1S/C14H28N4O4/c1-9(2)7-18(8-10(19)17-22)13(21)16-11(12(20)15-6)14(3,4)5/h9,11,22H,7-8H2,1-6H3,(H,15,20)(H,16,21)(H,17,19). The van der Waals surface area contributed by atoms with Crippen molar-refractivity contribution >= 4 is 17.8 Å². The molecule has 0 radical (unpaired) electrons. The summed E-state index contributed by atoms with van der Waals surface area (Å²) in [6, 6.07) is -1.27. The molecule has 0 fully saturated rings. The molecule has 1 unspecified atom stereocenters. The highest BCUT2D eigenvalue weighted by Gasteiger charge is 2.33. The van der Waals surface area contributed by atoms with Gasteiger partial charge >= 0.3 is 6.03 Å². The quantitative estimate of drug-likeness (QED) is 0.418. The van der Waals surface area contributed by atoms with Crippen molar-refractivity contribution in [3.8, 4) is 0 Å². The van der Waals surface area contributed by atoms with Crippen LogP contribution in [0, 0.1) is 11.3 Å². The normalized spacial score (nSPS) is 12.5. The lowest BCUT2D eigenvalue weighted by Gasteiger charge is -2.32. The third kappa shape index (κ3) is 6.75. The lowest BCUT2D eigenvalue weighted by molar-refractivity contribution is -0.129. The van der Waals surface area contributed by atoms with Crippen molar-refractivity contribution in [3.05, 3.63) is 0 Å². The van der Waals surface area contributed by atoms with E-state index < -0.39 is 23.4 Å².